The van der Waals surface area contributed by atoms with E-state index < -0.39 is 17.5 Å². The highest BCUT2D eigenvalue weighted by Crippen LogP contribution is 2.38. The van der Waals surface area contributed by atoms with E-state index in [4.69, 9.17) is 4.52 Å². The predicted molar refractivity (Wildman–Crippen MR) is 80.5 cm³/mol. The highest BCUT2D eigenvalue weighted by molar-refractivity contribution is 6.10. The van der Waals surface area contributed by atoms with Crippen LogP contribution in [-0.4, -0.2) is 40.0 Å². The molecule has 2 aliphatic rings. The molecule has 8 heteroatoms. The molecule has 1 aliphatic carbocycles. The Labute approximate surface area is 133 Å². The fourth-order valence-electron chi connectivity index (χ4n) is 3.39. The van der Waals surface area contributed by atoms with Gasteiger partial charge in [0, 0.05) is 6.07 Å². The second-order valence-electron chi connectivity index (χ2n) is 6.31. The summed E-state index contributed by atoms with van der Waals surface area (Å²) in [5.41, 5.74) is -0.847. The average Bonchev–Trinajstić information content (AvgIpc) is 3.00. The highest BCUT2D eigenvalue weighted by atomic mass is 16.5. The van der Waals surface area contributed by atoms with E-state index in [0.29, 0.717) is 12.2 Å². The van der Waals surface area contributed by atoms with Crippen LogP contribution < -0.4 is 10.6 Å². The first-order valence-corrected chi connectivity index (χ1v) is 7.79. The summed E-state index contributed by atoms with van der Waals surface area (Å²) in [6.45, 7) is 3.35. The molecule has 2 N–H and O–H groups in total. The zero-order chi connectivity index (χ0) is 16.6. The van der Waals surface area contributed by atoms with Crippen molar-refractivity contribution in [3.05, 3.63) is 11.8 Å². The summed E-state index contributed by atoms with van der Waals surface area (Å²) in [5.74, 6) is 0.105. The molecular weight excluding hydrogens is 300 g/mol. The molecule has 0 aromatic carbocycles. The number of aryl methyl sites for hydroxylation is 1. The van der Waals surface area contributed by atoms with Crippen LogP contribution in [0.15, 0.2) is 10.6 Å². The second kappa shape index (κ2) is 5.68. The van der Waals surface area contributed by atoms with Gasteiger partial charge in [-0.25, -0.2) is 4.79 Å². The van der Waals surface area contributed by atoms with Crippen LogP contribution >= 0.6 is 0 Å². The summed E-state index contributed by atoms with van der Waals surface area (Å²) in [7, 11) is 0. The third-order valence-electron chi connectivity index (χ3n) is 4.70. The maximum absolute atomic E-state index is 12.7. The topological polar surface area (TPSA) is 105 Å². The molecule has 0 unspecified atom stereocenters. The van der Waals surface area contributed by atoms with Gasteiger partial charge in [0.15, 0.2) is 5.82 Å². The van der Waals surface area contributed by atoms with Crippen molar-refractivity contribution in [3.63, 3.8) is 0 Å². The SMILES string of the molecule is Cc1cc(NC(=O)CN2C(=O)N[C@]3(CCCC[C@H]3C)C2=O)no1. The molecule has 0 radical (unpaired) electrons. The van der Waals surface area contributed by atoms with E-state index in [1.165, 1.54) is 0 Å². The van der Waals surface area contributed by atoms with Crippen molar-refractivity contribution in [2.75, 3.05) is 11.9 Å². The Bertz CT molecular complexity index is 656. The number of aromatic nitrogens is 1. The fraction of sp³-hybridized carbons (Fsp3) is 0.600. The lowest BCUT2D eigenvalue weighted by atomic mass is 9.73. The van der Waals surface area contributed by atoms with Crippen LogP contribution in [0.4, 0.5) is 10.6 Å². The number of rotatable bonds is 3. The molecular formula is C15H20N4O4. The van der Waals surface area contributed by atoms with Crippen LogP contribution in [0.3, 0.4) is 0 Å². The maximum atomic E-state index is 12.7. The Kier molecular flexibility index (Phi) is 3.83. The minimum Gasteiger partial charge on any atom is -0.360 e. The molecule has 1 saturated carbocycles. The zero-order valence-electron chi connectivity index (χ0n) is 13.2. The first-order valence-electron chi connectivity index (χ1n) is 7.79. The van der Waals surface area contributed by atoms with Crippen molar-refractivity contribution in [2.24, 2.45) is 5.92 Å². The molecule has 2 heterocycles. The highest BCUT2D eigenvalue weighted by Gasteiger charge is 2.55. The Balaban J connectivity index is 1.69. The molecule has 8 nitrogen and oxygen atoms in total. The van der Waals surface area contributed by atoms with Crippen molar-refractivity contribution in [1.29, 1.82) is 0 Å². The standard InChI is InChI=1S/C15H20N4O4/c1-9-5-3-4-6-15(9)13(21)19(14(22)17-15)8-12(20)16-11-7-10(2)23-18-11/h7,9H,3-6,8H2,1-2H3,(H,17,22)(H,16,18,20)/t9-,15+/m1/s1. The van der Waals surface area contributed by atoms with Gasteiger partial charge in [0.2, 0.25) is 5.91 Å². The molecule has 1 aromatic rings. The van der Waals surface area contributed by atoms with E-state index in [1.807, 2.05) is 6.92 Å². The molecule has 4 amide bonds. The minimum atomic E-state index is -0.847. The third kappa shape index (κ3) is 2.69. The van der Waals surface area contributed by atoms with Gasteiger partial charge >= 0.3 is 6.03 Å². The summed E-state index contributed by atoms with van der Waals surface area (Å²) in [5, 5.41) is 8.98. The van der Waals surface area contributed by atoms with Crippen molar-refractivity contribution in [1.82, 2.24) is 15.4 Å². The molecule has 2 atom stereocenters. The molecule has 124 valence electrons. The number of imide groups is 1. The Hall–Kier alpha value is -2.38. The van der Waals surface area contributed by atoms with E-state index in [0.717, 1.165) is 24.2 Å². The number of carbonyl (C=O) groups excluding carboxylic acids is 3. The van der Waals surface area contributed by atoms with Crippen molar-refractivity contribution in [3.8, 4) is 0 Å². The lowest BCUT2D eigenvalue weighted by molar-refractivity contribution is -0.136. The van der Waals surface area contributed by atoms with Crippen LogP contribution in [0.5, 0.6) is 0 Å². The average molecular weight is 320 g/mol. The van der Waals surface area contributed by atoms with Gasteiger partial charge in [-0.15, -0.1) is 0 Å². The first kappa shape index (κ1) is 15.5. The van der Waals surface area contributed by atoms with Gasteiger partial charge in [0.1, 0.15) is 17.8 Å². The van der Waals surface area contributed by atoms with Gasteiger partial charge in [-0.1, -0.05) is 24.9 Å². The van der Waals surface area contributed by atoms with Crippen LogP contribution in [0.1, 0.15) is 38.4 Å². The predicted octanol–water partition coefficient (Wildman–Crippen LogP) is 1.42. The number of nitrogens with one attached hydrogen (secondary N) is 2. The number of anilines is 1. The molecule has 23 heavy (non-hydrogen) atoms. The number of carbonyl (C=O) groups is 3. The molecule has 1 spiro atoms. The number of nitrogens with zero attached hydrogens (tertiary/aromatic N) is 2. The van der Waals surface area contributed by atoms with Gasteiger partial charge in [0.05, 0.1) is 0 Å². The molecule has 1 aromatic heterocycles. The lowest BCUT2D eigenvalue weighted by Crippen LogP contribution is -2.54. The van der Waals surface area contributed by atoms with Gasteiger partial charge in [-0.3, -0.25) is 14.5 Å². The number of hydrogen-bond acceptors (Lipinski definition) is 5. The van der Waals surface area contributed by atoms with Crippen LogP contribution in [0, 0.1) is 12.8 Å². The van der Waals surface area contributed by atoms with Gasteiger partial charge in [0.25, 0.3) is 5.91 Å². The zero-order valence-corrected chi connectivity index (χ0v) is 13.2. The van der Waals surface area contributed by atoms with E-state index in [2.05, 4.69) is 15.8 Å². The molecule has 2 fully saturated rings. The normalized spacial score (nSPS) is 27.4. The van der Waals surface area contributed by atoms with Gasteiger partial charge in [-0.2, -0.15) is 0 Å². The maximum Gasteiger partial charge on any atom is 0.325 e. The second-order valence-corrected chi connectivity index (χ2v) is 6.31. The van der Waals surface area contributed by atoms with Crippen molar-refractivity contribution in [2.45, 2.75) is 45.1 Å². The smallest absolute Gasteiger partial charge is 0.325 e. The Morgan fingerprint density at radius 3 is 2.96 bits per heavy atom. The van der Waals surface area contributed by atoms with Crippen LogP contribution in [0.2, 0.25) is 0 Å². The van der Waals surface area contributed by atoms with E-state index in [-0.39, 0.29) is 24.2 Å². The van der Waals surface area contributed by atoms with Crippen LogP contribution in [0.25, 0.3) is 0 Å². The van der Waals surface area contributed by atoms with Crippen molar-refractivity contribution >= 4 is 23.7 Å². The Morgan fingerprint density at radius 1 is 1.52 bits per heavy atom. The monoisotopic (exact) mass is 320 g/mol. The van der Waals surface area contributed by atoms with Gasteiger partial charge < -0.3 is 15.2 Å². The van der Waals surface area contributed by atoms with E-state index in [1.54, 1.807) is 13.0 Å². The first-order chi connectivity index (χ1) is 10.9. The third-order valence-corrected chi connectivity index (χ3v) is 4.70. The summed E-state index contributed by atoms with van der Waals surface area (Å²) >= 11 is 0. The summed E-state index contributed by atoms with van der Waals surface area (Å²) in [6, 6.07) is 1.06. The number of hydrogen-bond donors (Lipinski definition) is 2. The van der Waals surface area contributed by atoms with E-state index in [9.17, 15) is 14.4 Å². The van der Waals surface area contributed by atoms with Crippen LogP contribution in [-0.2, 0) is 9.59 Å². The van der Waals surface area contributed by atoms with Crippen molar-refractivity contribution < 1.29 is 18.9 Å². The molecule has 1 saturated heterocycles. The molecule has 1 aliphatic heterocycles. The lowest BCUT2D eigenvalue weighted by Gasteiger charge is -2.36. The Morgan fingerprint density at radius 2 is 2.30 bits per heavy atom. The summed E-state index contributed by atoms with van der Waals surface area (Å²) < 4.78 is 4.86. The fourth-order valence-corrected chi connectivity index (χ4v) is 3.39. The quantitative estimate of drug-likeness (QED) is 0.820. The van der Waals surface area contributed by atoms with Gasteiger partial charge in [-0.05, 0) is 25.7 Å². The molecule has 3 rings (SSSR count). The van der Waals surface area contributed by atoms with E-state index >= 15 is 0 Å². The largest absolute Gasteiger partial charge is 0.360 e. The summed E-state index contributed by atoms with van der Waals surface area (Å²) in [4.78, 5) is 37.9. The number of amides is 4. The minimum absolute atomic E-state index is 0.0685. The number of urea groups is 1. The summed E-state index contributed by atoms with van der Waals surface area (Å²) in [6.07, 6.45) is 3.47. The molecule has 0 bridgehead atoms.